The summed E-state index contributed by atoms with van der Waals surface area (Å²) in [6, 6.07) is 19.4. The van der Waals surface area contributed by atoms with Gasteiger partial charge in [-0.05, 0) is 25.8 Å². The van der Waals surface area contributed by atoms with Crippen LogP contribution in [0.5, 0.6) is 0 Å². The zero-order valence-corrected chi connectivity index (χ0v) is 18.5. The number of ether oxygens (including phenoxy) is 5. The Morgan fingerprint density at radius 1 is 1.12 bits per heavy atom. The van der Waals surface area contributed by atoms with Crippen LogP contribution in [-0.2, 0) is 35.1 Å². The average Bonchev–Trinajstić information content (AvgIpc) is 2.80. The minimum atomic E-state index is -1.06. The van der Waals surface area contributed by atoms with E-state index in [1.807, 2.05) is 74.5 Å². The van der Waals surface area contributed by atoms with E-state index in [-0.39, 0.29) is 25.1 Å². The van der Waals surface area contributed by atoms with Crippen molar-refractivity contribution in [3.8, 4) is 0 Å². The highest BCUT2D eigenvalue weighted by Gasteiger charge is 2.59. The number of benzene rings is 2. The van der Waals surface area contributed by atoms with E-state index in [0.29, 0.717) is 6.42 Å². The molecule has 5 atom stereocenters. The Morgan fingerprint density at radius 3 is 2.47 bits per heavy atom. The summed E-state index contributed by atoms with van der Waals surface area (Å²) in [7, 11) is 0. The summed E-state index contributed by atoms with van der Waals surface area (Å²) in [6.07, 6.45) is -1.26. The van der Waals surface area contributed by atoms with E-state index < -0.39 is 30.4 Å². The van der Waals surface area contributed by atoms with Gasteiger partial charge >= 0.3 is 0 Å². The Morgan fingerprint density at radius 2 is 1.81 bits per heavy atom. The molecule has 2 aliphatic rings. The molecule has 32 heavy (non-hydrogen) atoms. The molecule has 2 saturated heterocycles. The van der Waals surface area contributed by atoms with E-state index in [9.17, 15) is 4.79 Å². The van der Waals surface area contributed by atoms with Crippen LogP contribution in [0.2, 0.25) is 0 Å². The van der Waals surface area contributed by atoms with Crippen LogP contribution in [0, 0.1) is 0 Å². The smallest absolute Gasteiger partial charge is 0.221 e. The van der Waals surface area contributed by atoms with Crippen molar-refractivity contribution in [2.45, 2.75) is 63.4 Å². The van der Waals surface area contributed by atoms with Gasteiger partial charge in [0.2, 0.25) is 12.1 Å². The third kappa shape index (κ3) is 4.85. The lowest BCUT2D eigenvalue weighted by molar-refractivity contribution is -0.362. The molecule has 2 aromatic carbocycles. The van der Waals surface area contributed by atoms with Gasteiger partial charge in [0.15, 0.2) is 12.4 Å². The van der Waals surface area contributed by atoms with E-state index in [1.54, 1.807) is 6.08 Å². The van der Waals surface area contributed by atoms with Crippen molar-refractivity contribution in [2.75, 3.05) is 6.61 Å². The van der Waals surface area contributed by atoms with E-state index in [0.717, 1.165) is 11.1 Å². The summed E-state index contributed by atoms with van der Waals surface area (Å²) in [6.45, 7) is 8.10. The van der Waals surface area contributed by atoms with Crippen LogP contribution in [0.3, 0.4) is 0 Å². The van der Waals surface area contributed by atoms with Gasteiger partial charge in [0.1, 0.15) is 11.7 Å². The molecule has 0 N–H and O–H groups in total. The fourth-order valence-electron chi connectivity index (χ4n) is 4.12. The third-order valence-corrected chi connectivity index (χ3v) is 5.63. The molecule has 0 bridgehead atoms. The molecule has 6 heteroatoms. The van der Waals surface area contributed by atoms with E-state index in [4.69, 9.17) is 23.7 Å². The number of ketones is 1. The lowest BCUT2D eigenvalue weighted by Gasteiger charge is -2.52. The van der Waals surface area contributed by atoms with Gasteiger partial charge in [-0.3, -0.25) is 4.79 Å². The molecule has 2 aromatic rings. The molecule has 0 spiro atoms. The largest absolute Gasteiger partial charge is 0.363 e. The van der Waals surface area contributed by atoms with E-state index in [2.05, 4.69) is 6.58 Å². The second-order valence-electron chi connectivity index (χ2n) is 8.42. The van der Waals surface area contributed by atoms with Crippen LogP contribution in [-0.4, -0.2) is 42.6 Å². The van der Waals surface area contributed by atoms with E-state index in [1.165, 1.54) is 0 Å². The molecule has 0 aromatic heterocycles. The molecule has 1 unspecified atom stereocenters. The molecule has 6 nitrogen and oxygen atoms in total. The second-order valence-corrected chi connectivity index (χ2v) is 8.42. The fraction of sp³-hybridized carbons (Fsp3) is 0.423. The minimum absolute atomic E-state index is 0.196. The summed E-state index contributed by atoms with van der Waals surface area (Å²) in [5, 5.41) is 0. The molecule has 2 aliphatic heterocycles. The maximum atomic E-state index is 13.4. The Hall–Kier alpha value is -2.35. The highest BCUT2D eigenvalue weighted by Crippen LogP contribution is 2.43. The Kier molecular flexibility index (Phi) is 7.18. The first-order valence-electron chi connectivity index (χ1n) is 11.0. The quantitative estimate of drug-likeness (QED) is 0.571. The molecule has 0 saturated carbocycles. The predicted molar refractivity (Wildman–Crippen MR) is 119 cm³/mol. The number of rotatable bonds is 8. The van der Waals surface area contributed by atoms with Crippen molar-refractivity contribution < 1.29 is 28.5 Å². The standard InChI is InChI=1S/C26H30O6/c1-4-15-26-17-29-24(20-13-9-6-10-14-20)31-23(26)22(21(27)25(32-26)30-18(2)3)28-16-19-11-7-5-8-12-19/h4-14,18,22-25H,1,15-17H2,2-3H3/t22-,23+,24?,25-,26-/m1/s1. The number of hydrogen-bond acceptors (Lipinski definition) is 6. The molecule has 0 aliphatic carbocycles. The van der Waals surface area contributed by atoms with Crippen LogP contribution in [0.25, 0.3) is 0 Å². The lowest BCUT2D eigenvalue weighted by Crippen LogP contribution is -2.68. The van der Waals surface area contributed by atoms with Crippen LogP contribution < -0.4 is 0 Å². The molecule has 2 heterocycles. The molecular weight excluding hydrogens is 408 g/mol. The predicted octanol–water partition coefficient (Wildman–Crippen LogP) is 4.35. The summed E-state index contributed by atoms with van der Waals surface area (Å²) >= 11 is 0. The van der Waals surface area contributed by atoms with Crippen molar-refractivity contribution in [3.05, 3.63) is 84.4 Å². The summed E-state index contributed by atoms with van der Waals surface area (Å²) < 4.78 is 30.7. The number of Topliss-reactive ketones (excluding diaryl/α,β-unsaturated/α-hetero) is 1. The van der Waals surface area contributed by atoms with Crippen molar-refractivity contribution in [1.29, 1.82) is 0 Å². The maximum Gasteiger partial charge on any atom is 0.221 e. The monoisotopic (exact) mass is 438 g/mol. The highest BCUT2D eigenvalue weighted by molar-refractivity contribution is 5.88. The van der Waals surface area contributed by atoms with Crippen LogP contribution in [0.15, 0.2) is 73.3 Å². The molecule has 2 fully saturated rings. The normalized spacial score (nSPS) is 30.2. The number of carbonyl (C=O) groups is 1. The zero-order valence-electron chi connectivity index (χ0n) is 18.5. The van der Waals surface area contributed by atoms with Crippen LogP contribution in [0.4, 0.5) is 0 Å². The molecule has 170 valence electrons. The topological polar surface area (TPSA) is 63.2 Å². The first-order chi connectivity index (χ1) is 15.5. The van der Waals surface area contributed by atoms with Gasteiger partial charge in [0.05, 0.1) is 19.3 Å². The van der Waals surface area contributed by atoms with Crippen molar-refractivity contribution in [1.82, 2.24) is 0 Å². The summed E-state index contributed by atoms with van der Waals surface area (Å²) in [4.78, 5) is 13.4. The zero-order chi connectivity index (χ0) is 22.6. The van der Waals surface area contributed by atoms with Gasteiger partial charge < -0.3 is 23.7 Å². The van der Waals surface area contributed by atoms with Crippen molar-refractivity contribution in [3.63, 3.8) is 0 Å². The second kappa shape index (κ2) is 10.1. The Labute approximate surface area is 189 Å². The van der Waals surface area contributed by atoms with Gasteiger partial charge in [-0.25, -0.2) is 0 Å². The van der Waals surface area contributed by atoms with Gasteiger partial charge in [-0.1, -0.05) is 66.7 Å². The molecule has 0 amide bonds. The third-order valence-electron chi connectivity index (χ3n) is 5.63. The number of fused-ring (bicyclic) bond motifs is 1. The van der Waals surface area contributed by atoms with Crippen molar-refractivity contribution >= 4 is 5.78 Å². The summed E-state index contributed by atoms with van der Waals surface area (Å²) in [5.74, 6) is -0.284. The Balaban J connectivity index is 1.64. The number of hydrogen-bond donors (Lipinski definition) is 0. The molecule has 0 radical (unpaired) electrons. The number of carbonyl (C=O) groups excluding carboxylic acids is 1. The van der Waals surface area contributed by atoms with E-state index >= 15 is 0 Å². The SMILES string of the molecule is C=CC[C@@]12COC(c3ccccc3)O[C@H]1[C@H](OCc1ccccc1)C(=O)[C@H](OC(C)C)O2. The van der Waals surface area contributed by atoms with Crippen LogP contribution in [0.1, 0.15) is 37.7 Å². The van der Waals surface area contributed by atoms with Gasteiger partial charge in [-0.15, -0.1) is 6.58 Å². The first kappa shape index (κ1) is 22.8. The summed E-state index contributed by atoms with van der Waals surface area (Å²) in [5.41, 5.74) is 0.894. The maximum absolute atomic E-state index is 13.4. The molecular formula is C26H30O6. The lowest BCUT2D eigenvalue weighted by atomic mass is 9.84. The van der Waals surface area contributed by atoms with Gasteiger partial charge in [0.25, 0.3) is 0 Å². The minimum Gasteiger partial charge on any atom is -0.363 e. The van der Waals surface area contributed by atoms with Crippen LogP contribution >= 0.6 is 0 Å². The van der Waals surface area contributed by atoms with Gasteiger partial charge in [0, 0.05) is 5.56 Å². The first-order valence-corrected chi connectivity index (χ1v) is 11.0. The van der Waals surface area contributed by atoms with Crippen molar-refractivity contribution in [2.24, 2.45) is 0 Å². The average molecular weight is 439 g/mol. The fourth-order valence-corrected chi connectivity index (χ4v) is 4.12. The van der Waals surface area contributed by atoms with Gasteiger partial charge in [-0.2, -0.15) is 0 Å². The molecule has 4 rings (SSSR count). The Bertz CT molecular complexity index is 899. The highest BCUT2D eigenvalue weighted by atomic mass is 16.8.